The summed E-state index contributed by atoms with van der Waals surface area (Å²) in [6.07, 6.45) is 10.6. The predicted molar refractivity (Wildman–Crippen MR) is 112 cm³/mol. The molecule has 1 saturated carbocycles. The largest absolute Gasteiger partial charge is 0.355 e. The molecule has 0 amide bonds. The summed E-state index contributed by atoms with van der Waals surface area (Å²) in [6.45, 7) is 4.63. The number of hydrogen-bond acceptors (Lipinski definition) is 3. The fourth-order valence-electron chi connectivity index (χ4n) is 4.83. The molecule has 1 fully saturated rings. The molecule has 2 aliphatic carbocycles. The van der Waals surface area contributed by atoms with Gasteiger partial charge in [0.25, 0.3) is 0 Å². The van der Waals surface area contributed by atoms with Gasteiger partial charge in [-0.25, -0.2) is 4.39 Å². The normalized spacial score (nSPS) is 25.8. The maximum Gasteiger partial charge on any atom is 0.123 e. The summed E-state index contributed by atoms with van der Waals surface area (Å²) in [6, 6.07) is 6.99. The van der Waals surface area contributed by atoms with Crippen molar-refractivity contribution in [3.63, 3.8) is 0 Å². The Balaban J connectivity index is 1.80. The van der Waals surface area contributed by atoms with Crippen LogP contribution in [0, 0.1) is 22.6 Å². The van der Waals surface area contributed by atoms with Gasteiger partial charge in [-0.15, -0.1) is 0 Å². The number of allylic oxidation sites excluding steroid dienone is 3. The van der Waals surface area contributed by atoms with E-state index in [2.05, 4.69) is 37.6 Å². The van der Waals surface area contributed by atoms with Crippen molar-refractivity contribution in [1.82, 2.24) is 5.32 Å². The summed E-state index contributed by atoms with van der Waals surface area (Å²) in [5.41, 5.74) is 4.52. The van der Waals surface area contributed by atoms with Crippen LogP contribution in [0.2, 0.25) is 0 Å². The Labute approximate surface area is 162 Å². The van der Waals surface area contributed by atoms with Gasteiger partial charge in [0, 0.05) is 23.6 Å². The van der Waals surface area contributed by atoms with Gasteiger partial charge in [-0.1, -0.05) is 25.8 Å². The molecule has 0 radical (unpaired) electrons. The molecule has 0 heterocycles. The molecule has 1 aromatic carbocycles. The van der Waals surface area contributed by atoms with E-state index < -0.39 is 0 Å². The molecule has 1 unspecified atom stereocenters. The number of fused-ring (bicyclic) bond motifs is 1. The van der Waals surface area contributed by atoms with E-state index in [0.29, 0.717) is 12.0 Å². The van der Waals surface area contributed by atoms with Gasteiger partial charge in [0.2, 0.25) is 0 Å². The highest BCUT2D eigenvalue weighted by Crippen LogP contribution is 2.55. The molecule has 1 aromatic rings. The van der Waals surface area contributed by atoms with E-state index in [-0.39, 0.29) is 11.2 Å². The minimum atomic E-state index is -0.235. The average Bonchev–Trinajstić information content (AvgIpc) is 2.98. The van der Waals surface area contributed by atoms with Crippen molar-refractivity contribution in [3.8, 4) is 0 Å². The predicted octanol–water partition coefficient (Wildman–Crippen LogP) is 5.67. The SMILES string of the molecule is CCCC(C[C@H]1CCC2=CC(Nc3ccc(F)cc3)=C(C=N)C[C@@]21C)NC. The Hall–Kier alpha value is -1.94. The molecule has 27 heavy (non-hydrogen) atoms. The molecule has 3 nitrogen and oxygen atoms in total. The third-order valence-corrected chi connectivity index (χ3v) is 6.53. The second-order valence-electron chi connectivity index (χ2n) is 8.22. The van der Waals surface area contributed by atoms with Crippen LogP contribution in [0.25, 0.3) is 0 Å². The van der Waals surface area contributed by atoms with Crippen molar-refractivity contribution < 1.29 is 4.39 Å². The highest BCUT2D eigenvalue weighted by Gasteiger charge is 2.45. The molecular formula is C23H32FN3. The maximum absolute atomic E-state index is 13.2. The van der Waals surface area contributed by atoms with Gasteiger partial charge in [0.15, 0.2) is 0 Å². The molecule has 3 rings (SSSR count). The molecule has 0 bridgehead atoms. The van der Waals surface area contributed by atoms with E-state index in [1.165, 1.54) is 49.6 Å². The second kappa shape index (κ2) is 8.39. The Kier molecular flexibility index (Phi) is 6.15. The Morgan fingerprint density at radius 2 is 2.07 bits per heavy atom. The zero-order valence-corrected chi connectivity index (χ0v) is 16.7. The minimum absolute atomic E-state index is 0.143. The van der Waals surface area contributed by atoms with Crippen molar-refractivity contribution in [3.05, 3.63) is 53.0 Å². The van der Waals surface area contributed by atoms with Crippen LogP contribution in [0.5, 0.6) is 0 Å². The summed E-state index contributed by atoms with van der Waals surface area (Å²) >= 11 is 0. The molecule has 4 heteroatoms. The Bertz CT molecular complexity index is 734. The van der Waals surface area contributed by atoms with Crippen molar-refractivity contribution >= 4 is 11.9 Å². The molecule has 0 aliphatic heterocycles. The summed E-state index contributed by atoms with van der Waals surface area (Å²) in [5, 5.41) is 14.8. The van der Waals surface area contributed by atoms with Gasteiger partial charge in [-0.05, 0) is 86.4 Å². The van der Waals surface area contributed by atoms with Crippen LogP contribution in [-0.2, 0) is 0 Å². The lowest BCUT2D eigenvalue weighted by atomic mass is 9.68. The maximum atomic E-state index is 13.2. The van der Waals surface area contributed by atoms with Gasteiger partial charge < -0.3 is 16.0 Å². The summed E-state index contributed by atoms with van der Waals surface area (Å²) in [5.74, 6) is 0.413. The van der Waals surface area contributed by atoms with E-state index in [1.54, 1.807) is 12.1 Å². The third-order valence-electron chi connectivity index (χ3n) is 6.53. The lowest BCUT2D eigenvalue weighted by Gasteiger charge is -2.38. The highest BCUT2D eigenvalue weighted by molar-refractivity contribution is 5.81. The second-order valence-corrected chi connectivity index (χ2v) is 8.22. The summed E-state index contributed by atoms with van der Waals surface area (Å²) in [4.78, 5) is 0. The summed E-state index contributed by atoms with van der Waals surface area (Å²) in [7, 11) is 2.07. The lowest BCUT2D eigenvalue weighted by molar-refractivity contribution is 0.230. The topological polar surface area (TPSA) is 47.9 Å². The number of rotatable bonds is 8. The molecule has 3 N–H and O–H groups in total. The fourth-order valence-corrected chi connectivity index (χ4v) is 4.83. The van der Waals surface area contributed by atoms with Crippen molar-refractivity contribution in [1.29, 1.82) is 5.41 Å². The number of anilines is 1. The van der Waals surface area contributed by atoms with Gasteiger partial charge in [0.1, 0.15) is 5.82 Å². The fraction of sp³-hybridized carbons (Fsp3) is 0.522. The van der Waals surface area contributed by atoms with Gasteiger partial charge in [0.05, 0.1) is 0 Å². The molecule has 2 aliphatic rings. The molecule has 3 atom stereocenters. The van der Waals surface area contributed by atoms with Crippen LogP contribution < -0.4 is 10.6 Å². The highest BCUT2D eigenvalue weighted by atomic mass is 19.1. The van der Waals surface area contributed by atoms with Crippen molar-refractivity contribution in [2.45, 2.75) is 58.4 Å². The number of benzene rings is 1. The van der Waals surface area contributed by atoms with Crippen molar-refractivity contribution in [2.75, 3.05) is 12.4 Å². The third kappa shape index (κ3) is 4.16. The van der Waals surface area contributed by atoms with Gasteiger partial charge in [-0.3, -0.25) is 0 Å². The first-order valence-electron chi connectivity index (χ1n) is 10.1. The monoisotopic (exact) mass is 369 g/mol. The molecule has 0 aromatic heterocycles. The standard InChI is InChI=1S/C23H32FN3/c1-4-5-21(26-3)12-17-6-7-18-13-22(16(15-25)14-23(17,18)2)27-20-10-8-19(24)9-11-20/h8-11,13,15,17,21,25-27H,4-7,12,14H2,1-3H3/t17-,21?,23-/m1/s1. The first kappa shape index (κ1) is 19.8. The first-order chi connectivity index (χ1) is 13.0. The van der Waals surface area contributed by atoms with Crippen LogP contribution in [0.1, 0.15) is 52.4 Å². The van der Waals surface area contributed by atoms with Gasteiger partial charge >= 0.3 is 0 Å². The smallest absolute Gasteiger partial charge is 0.123 e. The Morgan fingerprint density at radius 3 is 2.70 bits per heavy atom. The number of hydrogen-bond donors (Lipinski definition) is 3. The average molecular weight is 370 g/mol. The minimum Gasteiger partial charge on any atom is -0.355 e. The summed E-state index contributed by atoms with van der Waals surface area (Å²) < 4.78 is 13.2. The molecule has 146 valence electrons. The molecular weight excluding hydrogens is 337 g/mol. The lowest BCUT2D eigenvalue weighted by Crippen LogP contribution is -2.34. The molecule has 0 saturated heterocycles. The van der Waals surface area contributed by atoms with E-state index in [4.69, 9.17) is 5.41 Å². The van der Waals surface area contributed by atoms with E-state index in [9.17, 15) is 4.39 Å². The number of nitrogens with one attached hydrogen (secondary N) is 3. The van der Waals surface area contributed by atoms with E-state index >= 15 is 0 Å². The van der Waals surface area contributed by atoms with Crippen LogP contribution in [0.4, 0.5) is 10.1 Å². The van der Waals surface area contributed by atoms with Gasteiger partial charge in [-0.2, -0.15) is 0 Å². The van der Waals surface area contributed by atoms with E-state index in [0.717, 1.165) is 29.8 Å². The van der Waals surface area contributed by atoms with Crippen LogP contribution in [-0.4, -0.2) is 19.3 Å². The van der Waals surface area contributed by atoms with Crippen LogP contribution in [0.15, 0.2) is 47.2 Å². The number of halogens is 1. The molecule has 0 spiro atoms. The van der Waals surface area contributed by atoms with Crippen molar-refractivity contribution in [2.24, 2.45) is 11.3 Å². The zero-order chi connectivity index (χ0) is 19.4. The Morgan fingerprint density at radius 1 is 1.33 bits per heavy atom. The van der Waals surface area contributed by atoms with Crippen LogP contribution in [0.3, 0.4) is 0 Å². The van der Waals surface area contributed by atoms with Crippen LogP contribution >= 0.6 is 0 Å². The first-order valence-corrected chi connectivity index (χ1v) is 10.1. The zero-order valence-electron chi connectivity index (χ0n) is 16.7. The van der Waals surface area contributed by atoms with E-state index in [1.807, 2.05) is 0 Å². The quantitative estimate of drug-likeness (QED) is 0.517.